The second kappa shape index (κ2) is 7.32. The lowest BCUT2D eigenvalue weighted by molar-refractivity contribution is 0.229. The van der Waals surface area contributed by atoms with Crippen molar-refractivity contribution in [3.05, 3.63) is 59.2 Å². The average Bonchev–Trinajstić information content (AvgIpc) is 2.55. The Kier molecular flexibility index (Phi) is 5.45. The molecule has 0 amide bonds. The summed E-state index contributed by atoms with van der Waals surface area (Å²) in [6, 6.07) is 14.0. The van der Waals surface area contributed by atoms with Crippen molar-refractivity contribution in [2.24, 2.45) is 0 Å². The molecule has 1 heterocycles. The molecule has 0 fully saturated rings. The van der Waals surface area contributed by atoms with Gasteiger partial charge in [0, 0.05) is 12.6 Å². The molecule has 118 valence electrons. The zero-order chi connectivity index (χ0) is 16.1. The van der Waals surface area contributed by atoms with Crippen LogP contribution in [0.5, 0.6) is 11.5 Å². The summed E-state index contributed by atoms with van der Waals surface area (Å²) in [6.45, 7) is 5.05. The van der Waals surface area contributed by atoms with Gasteiger partial charge in [-0.25, -0.2) is 0 Å². The zero-order valence-electron chi connectivity index (χ0n) is 13.6. The maximum Gasteiger partial charge on any atom is 0.157 e. The number of likely N-dealkylation sites (N-methyl/N-ethyl adjacent to an activating group) is 1. The molecule has 1 atom stereocenters. The largest absolute Gasteiger partial charge is 0.504 e. The Balaban J connectivity index is 0.000000847. The first-order chi connectivity index (χ1) is 10.6. The Morgan fingerprint density at radius 3 is 2.50 bits per heavy atom. The zero-order valence-corrected chi connectivity index (χ0v) is 13.6. The monoisotopic (exact) mass is 299 g/mol. The van der Waals surface area contributed by atoms with E-state index in [2.05, 4.69) is 36.2 Å². The Labute approximate surface area is 132 Å². The molecule has 0 aromatic heterocycles. The fourth-order valence-electron chi connectivity index (χ4n) is 2.96. The smallest absolute Gasteiger partial charge is 0.157 e. The maximum absolute atomic E-state index is 9.63. The molecule has 3 nitrogen and oxygen atoms in total. The highest BCUT2D eigenvalue weighted by Gasteiger charge is 2.24. The summed E-state index contributed by atoms with van der Waals surface area (Å²) in [6.07, 6.45) is 1.92. The molecule has 1 aliphatic rings. The summed E-state index contributed by atoms with van der Waals surface area (Å²) < 4.78 is 0. The third-order valence-corrected chi connectivity index (χ3v) is 4.15. The molecule has 0 aliphatic carbocycles. The summed E-state index contributed by atoms with van der Waals surface area (Å²) in [5.41, 5.74) is 3.82. The van der Waals surface area contributed by atoms with E-state index in [0.717, 1.165) is 24.9 Å². The molecule has 0 spiro atoms. The highest BCUT2D eigenvalue weighted by Crippen LogP contribution is 2.33. The van der Waals surface area contributed by atoms with Crippen LogP contribution in [-0.4, -0.2) is 28.7 Å². The van der Waals surface area contributed by atoms with E-state index < -0.39 is 0 Å². The molecule has 0 radical (unpaired) electrons. The number of benzene rings is 2. The molecule has 0 saturated heterocycles. The van der Waals surface area contributed by atoms with Gasteiger partial charge in [0.15, 0.2) is 11.5 Å². The van der Waals surface area contributed by atoms with E-state index in [4.69, 9.17) is 0 Å². The van der Waals surface area contributed by atoms with Crippen molar-refractivity contribution >= 4 is 0 Å². The Bertz CT molecular complexity index is 625. The van der Waals surface area contributed by atoms with E-state index >= 15 is 0 Å². The predicted molar refractivity (Wildman–Crippen MR) is 90.3 cm³/mol. The lowest BCUT2D eigenvalue weighted by Gasteiger charge is -2.34. The van der Waals surface area contributed by atoms with E-state index in [1.807, 2.05) is 19.9 Å². The number of phenolic OH excluding ortho intramolecular Hbond substituents is 2. The molecule has 3 heteroatoms. The van der Waals surface area contributed by atoms with Gasteiger partial charge in [-0.05, 0) is 48.7 Å². The molecule has 3 rings (SSSR count). The maximum atomic E-state index is 9.63. The quantitative estimate of drug-likeness (QED) is 0.827. The van der Waals surface area contributed by atoms with Crippen LogP contribution in [0.2, 0.25) is 0 Å². The van der Waals surface area contributed by atoms with Gasteiger partial charge < -0.3 is 10.2 Å². The molecular weight excluding hydrogens is 274 g/mol. The van der Waals surface area contributed by atoms with Crippen LogP contribution in [0.3, 0.4) is 0 Å². The fourth-order valence-corrected chi connectivity index (χ4v) is 2.96. The Morgan fingerprint density at radius 1 is 1.05 bits per heavy atom. The van der Waals surface area contributed by atoms with Crippen LogP contribution >= 0.6 is 0 Å². The Hall–Kier alpha value is -2.00. The molecule has 2 aromatic rings. The second-order valence-corrected chi connectivity index (χ2v) is 5.47. The number of hydrogen-bond donors (Lipinski definition) is 2. The highest BCUT2D eigenvalue weighted by atomic mass is 16.3. The SMILES string of the molecule is CC.CN1CCc2ccccc2C1Cc1ccc(O)c(O)c1. The van der Waals surface area contributed by atoms with Gasteiger partial charge in [0.1, 0.15) is 0 Å². The molecule has 0 saturated carbocycles. The number of nitrogens with zero attached hydrogens (tertiary/aromatic N) is 1. The number of aromatic hydroxyl groups is 2. The fraction of sp³-hybridized carbons (Fsp3) is 0.368. The second-order valence-electron chi connectivity index (χ2n) is 5.47. The van der Waals surface area contributed by atoms with Crippen LogP contribution in [0.1, 0.15) is 36.6 Å². The van der Waals surface area contributed by atoms with Crippen molar-refractivity contribution in [1.82, 2.24) is 4.90 Å². The van der Waals surface area contributed by atoms with Gasteiger partial charge in [-0.1, -0.05) is 44.2 Å². The first kappa shape index (κ1) is 16.4. The van der Waals surface area contributed by atoms with Gasteiger partial charge in [-0.15, -0.1) is 0 Å². The number of hydrogen-bond acceptors (Lipinski definition) is 3. The van der Waals surface area contributed by atoms with E-state index in [-0.39, 0.29) is 11.5 Å². The Morgan fingerprint density at radius 2 is 1.77 bits per heavy atom. The lowest BCUT2D eigenvalue weighted by atomic mass is 9.89. The summed E-state index contributed by atoms with van der Waals surface area (Å²) >= 11 is 0. The molecule has 2 aromatic carbocycles. The van der Waals surface area contributed by atoms with Crippen molar-refractivity contribution in [1.29, 1.82) is 0 Å². The minimum atomic E-state index is -0.0638. The third-order valence-electron chi connectivity index (χ3n) is 4.15. The van der Waals surface area contributed by atoms with Gasteiger partial charge in [-0.2, -0.15) is 0 Å². The van der Waals surface area contributed by atoms with Gasteiger partial charge >= 0.3 is 0 Å². The van der Waals surface area contributed by atoms with Crippen molar-refractivity contribution in [3.8, 4) is 11.5 Å². The van der Waals surface area contributed by atoms with E-state index in [9.17, 15) is 10.2 Å². The minimum Gasteiger partial charge on any atom is -0.504 e. The summed E-state index contributed by atoms with van der Waals surface area (Å²) in [5, 5.41) is 19.0. The van der Waals surface area contributed by atoms with Gasteiger partial charge in [0.05, 0.1) is 0 Å². The first-order valence-corrected chi connectivity index (χ1v) is 7.94. The predicted octanol–water partition coefficient (Wildman–Crippen LogP) is 3.90. The molecular formula is C19H25NO2. The molecule has 2 N–H and O–H groups in total. The van der Waals surface area contributed by atoms with Crippen molar-refractivity contribution in [2.45, 2.75) is 32.7 Å². The van der Waals surface area contributed by atoms with E-state index in [1.54, 1.807) is 12.1 Å². The van der Waals surface area contributed by atoms with E-state index in [0.29, 0.717) is 6.04 Å². The van der Waals surface area contributed by atoms with Gasteiger partial charge in [-0.3, -0.25) is 4.90 Å². The summed E-state index contributed by atoms with van der Waals surface area (Å²) in [7, 11) is 2.14. The number of rotatable bonds is 2. The van der Waals surface area contributed by atoms with Crippen LogP contribution in [-0.2, 0) is 12.8 Å². The van der Waals surface area contributed by atoms with E-state index in [1.165, 1.54) is 11.1 Å². The minimum absolute atomic E-state index is 0.0470. The van der Waals surface area contributed by atoms with Crippen LogP contribution in [0.15, 0.2) is 42.5 Å². The van der Waals surface area contributed by atoms with Crippen molar-refractivity contribution in [3.63, 3.8) is 0 Å². The summed E-state index contributed by atoms with van der Waals surface area (Å²) in [5.74, 6) is -0.111. The van der Waals surface area contributed by atoms with Crippen LogP contribution < -0.4 is 0 Å². The highest BCUT2D eigenvalue weighted by molar-refractivity contribution is 5.42. The van der Waals surface area contributed by atoms with Crippen LogP contribution in [0, 0.1) is 0 Å². The number of fused-ring (bicyclic) bond motifs is 1. The molecule has 0 bridgehead atoms. The van der Waals surface area contributed by atoms with Gasteiger partial charge in [0.2, 0.25) is 0 Å². The standard InChI is InChI=1S/C17H19NO2.C2H6/c1-18-9-8-13-4-2-3-5-14(13)15(18)10-12-6-7-16(19)17(20)11-12;1-2/h2-7,11,15,19-20H,8-10H2,1H3;1-2H3. The number of phenols is 2. The molecule has 1 aliphatic heterocycles. The molecule has 1 unspecified atom stereocenters. The van der Waals surface area contributed by atoms with Crippen molar-refractivity contribution in [2.75, 3.05) is 13.6 Å². The normalized spacial score (nSPS) is 17.3. The van der Waals surface area contributed by atoms with Crippen molar-refractivity contribution < 1.29 is 10.2 Å². The third kappa shape index (κ3) is 3.42. The summed E-state index contributed by atoms with van der Waals surface area (Å²) in [4.78, 5) is 2.35. The molecule has 22 heavy (non-hydrogen) atoms. The lowest BCUT2D eigenvalue weighted by Crippen LogP contribution is -2.33. The van der Waals surface area contributed by atoms with Crippen LogP contribution in [0.4, 0.5) is 0 Å². The first-order valence-electron chi connectivity index (χ1n) is 7.94. The topological polar surface area (TPSA) is 43.7 Å². The van der Waals surface area contributed by atoms with Gasteiger partial charge in [0.25, 0.3) is 0 Å². The average molecular weight is 299 g/mol. The van der Waals surface area contributed by atoms with Crippen LogP contribution in [0.25, 0.3) is 0 Å².